The van der Waals surface area contributed by atoms with Crippen molar-refractivity contribution in [1.82, 2.24) is 4.90 Å². The van der Waals surface area contributed by atoms with Crippen LogP contribution in [0.1, 0.15) is 46.0 Å². The van der Waals surface area contributed by atoms with Crippen LogP contribution in [-0.2, 0) is 9.59 Å². The van der Waals surface area contributed by atoms with Crippen molar-refractivity contribution in [2.45, 2.75) is 58.1 Å². The Labute approximate surface area is 149 Å². The van der Waals surface area contributed by atoms with E-state index in [1.165, 1.54) is 12.8 Å². The summed E-state index contributed by atoms with van der Waals surface area (Å²) in [5, 5.41) is 0. The van der Waals surface area contributed by atoms with E-state index in [1.807, 2.05) is 36.2 Å². The van der Waals surface area contributed by atoms with E-state index in [0.717, 1.165) is 24.4 Å². The molecule has 136 valence electrons. The van der Waals surface area contributed by atoms with Gasteiger partial charge >= 0.3 is 0 Å². The average Bonchev–Trinajstić information content (AvgIpc) is 2.62. The van der Waals surface area contributed by atoms with Crippen molar-refractivity contribution in [2.75, 3.05) is 18.5 Å². The molecule has 1 aliphatic carbocycles. The minimum atomic E-state index is -0.512. The minimum Gasteiger partial charge on any atom is -0.479 e. The first-order valence-electron chi connectivity index (χ1n) is 9.30. The molecule has 2 amide bonds. The Morgan fingerprint density at radius 1 is 1.20 bits per heavy atom. The van der Waals surface area contributed by atoms with Crippen molar-refractivity contribution in [3.05, 3.63) is 24.3 Å². The first-order valence-corrected chi connectivity index (χ1v) is 9.30. The summed E-state index contributed by atoms with van der Waals surface area (Å²) in [6, 6.07) is 7.85. The van der Waals surface area contributed by atoms with Crippen molar-refractivity contribution in [3.63, 3.8) is 0 Å². The fraction of sp³-hybridized carbons (Fsp3) is 0.600. The molecule has 2 aliphatic rings. The van der Waals surface area contributed by atoms with Gasteiger partial charge in [-0.15, -0.1) is 0 Å². The van der Waals surface area contributed by atoms with E-state index in [9.17, 15) is 9.59 Å². The maximum absolute atomic E-state index is 12.6. The molecule has 0 unspecified atom stereocenters. The standard InChI is InChI=1S/C20H28N2O3/c1-14-8-10-16(11-9-14)21(3)19(23)12-13-22-17-6-4-5-7-18(17)25-15(2)20(22)24/h4-7,14-16H,8-13H2,1-3H3/t14?,15-,16?/m1/s1. The number of hydrogen-bond acceptors (Lipinski definition) is 3. The molecule has 5 heteroatoms. The number of amides is 2. The summed E-state index contributed by atoms with van der Waals surface area (Å²) in [6.07, 6.45) is 4.38. The van der Waals surface area contributed by atoms with Gasteiger partial charge in [-0.2, -0.15) is 0 Å². The third kappa shape index (κ3) is 3.80. The SMILES string of the molecule is CC1CCC(N(C)C(=O)CCN2C(=O)[C@@H](C)Oc3ccccc32)CC1. The average molecular weight is 344 g/mol. The van der Waals surface area contributed by atoms with Crippen LogP contribution in [0.25, 0.3) is 0 Å². The Morgan fingerprint density at radius 2 is 1.88 bits per heavy atom. The summed E-state index contributed by atoms with van der Waals surface area (Å²) < 4.78 is 5.65. The molecular weight excluding hydrogens is 316 g/mol. The fourth-order valence-corrected chi connectivity index (χ4v) is 3.81. The van der Waals surface area contributed by atoms with E-state index >= 15 is 0 Å². The van der Waals surface area contributed by atoms with Gasteiger partial charge in [-0.25, -0.2) is 0 Å². The number of ether oxygens (including phenoxy) is 1. The van der Waals surface area contributed by atoms with Gasteiger partial charge in [-0.05, 0) is 50.7 Å². The fourth-order valence-electron chi connectivity index (χ4n) is 3.81. The van der Waals surface area contributed by atoms with E-state index in [-0.39, 0.29) is 11.8 Å². The molecule has 1 aromatic rings. The molecule has 0 spiro atoms. The molecular formula is C20H28N2O3. The highest BCUT2D eigenvalue weighted by Gasteiger charge is 2.32. The third-order valence-corrected chi connectivity index (χ3v) is 5.55. The van der Waals surface area contributed by atoms with Crippen LogP contribution in [0.3, 0.4) is 0 Å². The first kappa shape index (κ1) is 17.8. The van der Waals surface area contributed by atoms with Crippen LogP contribution in [0.5, 0.6) is 5.75 Å². The predicted octanol–water partition coefficient (Wildman–Crippen LogP) is 3.23. The van der Waals surface area contributed by atoms with Crippen LogP contribution in [0.15, 0.2) is 24.3 Å². The predicted molar refractivity (Wildman–Crippen MR) is 97.7 cm³/mol. The topological polar surface area (TPSA) is 49.9 Å². The Bertz CT molecular complexity index is 638. The van der Waals surface area contributed by atoms with E-state index < -0.39 is 6.10 Å². The number of nitrogens with zero attached hydrogens (tertiary/aromatic N) is 2. The quantitative estimate of drug-likeness (QED) is 0.842. The second kappa shape index (κ2) is 7.46. The smallest absolute Gasteiger partial charge is 0.267 e. The number of carbonyl (C=O) groups excluding carboxylic acids is 2. The van der Waals surface area contributed by atoms with Crippen LogP contribution < -0.4 is 9.64 Å². The van der Waals surface area contributed by atoms with Crippen LogP contribution in [0.2, 0.25) is 0 Å². The summed E-state index contributed by atoms with van der Waals surface area (Å²) in [5.74, 6) is 1.50. The molecule has 1 atom stereocenters. The number of anilines is 1. The van der Waals surface area contributed by atoms with Crippen LogP contribution in [0.4, 0.5) is 5.69 Å². The summed E-state index contributed by atoms with van der Waals surface area (Å²) in [7, 11) is 1.90. The summed E-state index contributed by atoms with van der Waals surface area (Å²) in [4.78, 5) is 28.7. The van der Waals surface area contributed by atoms with E-state index in [0.29, 0.717) is 24.8 Å². The summed E-state index contributed by atoms with van der Waals surface area (Å²) >= 11 is 0. The molecule has 1 fully saturated rings. The van der Waals surface area contributed by atoms with Gasteiger partial charge in [-0.3, -0.25) is 9.59 Å². The van der Waals surface area contributed by atoms with Gasteiger partial charge in [0, 0.05) is 26.1 Å². The van der Waals surface area contributed by atoms with Gasteiger partial charge in [0.05, 0.1) is 5.69 Å². The van der Waals surface area contributed by atoms with Gasteiger partial charge in [-0.1, -0.05) is 19.1 Å². The lowest BCUT2D eigenvalue weighted by atomic mass is 9.86. The Kier molecular flexibility index (Phi) is 5.30. The van der Waals surface area contributed by atoms with E-state index in [2.05, 4.69) is 6.92 Å². The molecule has 1 aliphatic heterocycles. The van der Waals surface area contributed by atoms with Crippen molar-refractivity contribution in [1.29, 1.82) is 0 Å². The lowest BCUT2D eigenvalue weighted by Gasteiger charge is -2.35. The number of rotatable bonds is 4. The molecule has 3 rings (SSSR count). The van der Waals surface area contributed by atoms with Crippen molar-refractivity contribution >= 4 is 17.5 Å². The molecule has 1 heterocycles. The first-order chi connectivity index (χ1) is 12.0. The Morgan fingerprint density at radius 3 is 2.60 bits per heavy atom. The Balaban J connectivity index is 1.62. The molecule has 5 nitrogen and oxygen atoms in total. The molecule has 0 aromatic heterocycles. The van der Waals surface area contributed by atoms with Gasteiger partial charge in [0.2, 0.25) is 5.91 Å². The number of para-hydroxylation sites is 2. The number of hydrogen-bond donors (Lipinski definition) is 0. The molecule has 1 aromatic carbocycles. The van der Waals surface area contributed by atoms with E-state index in [4.69, 9.17) is 4.74 Å². The molecule has 0 saturated heterocycles. The normalized spacial score (nSPS) is 26.0. The molecule has 1 saturated carbocycles. The van der Waals surface area contributed by atoms with Gasteiger partial charge in [0.15, 0.2) is 6.10 Å². The zero-order valence-corrected chi connectivity index (χ0v) is 15.4. The molecule has 0 N–H and O–H groups in total. The van der Waals surface area contributed by atoms with Crippen molar-refractivity contribution in [3.8, 4) is 5.75 Å². The maximum Gasteiger partial charge on any atom is 0.267 e. The highest BCUT2D eigenvalue weighted by atomic mass is 16.5. The second-order valence-electron chi connectivity index (χ2n) is 7.39. The third-order valence-electron chi connectivity index (χ3n) is 5.55. The molecule has 25 heavy (non-hydrogen) atoms. The number of carbonyl (C=O) groups is 2. The van der Waals surface area contributed by atoms with Crippen molar-refractivity contribution < 1.29 is 14.3 Å². The van der Waals surface area contributed by atoms with Crippen molar-refractivity contribution in [2.24, 2.45) is 5.92 Å². The largest absolute Gasteiger partial charge is 0.479 e. The molecule has 0 bridgehead atoms. The minimum absolute atomic E-state index is 0.0827. The molecule has 0 radical (unpaired) electrons. The van der Waals surface area contributed by atoms with Gasteiger partial charge in [0.25, 0.3) is 5.91 Å². The van der Waals surface area contributed by atoms with Gasteiger partial charge < -0.3 is 14.5 Å². The van der Waals surface area contributed by atoms with Crippen LogP contribution in [-0.4, -0.2) is 42.5 Å². The monoisotopic (exact) mass is 344 g/mol. The Hall–Kier alpha value is -2.04. The van der Waals surface area contributed by atoms with E-state index in [1.54, 1.807) is 11.8 Å². The van der Waals surface area contributed by atoms with Crippen LogP contribution in [0, 0.1) is 5.92 Å². The maximum atomic E-state index is 12.6. The van der Waals surface area contributed by atoms with Crippen LogP contribution >= 0.6 is 0 Å². The van der Waals surface area contributed by atoms with Gasteiger partial charge in [0.1, 0.15) is 5.75 Å². The second-order valence-corrected chi connectivity index (χ2v) is 7.39. The zero-order valence-electron chi connectivity index (χ0n) is 15.4. The lowest BCUT2D eigenvalue weighted by molar-refractivity contribution is -0.132. The highest BCUT2D eigenvalue weighted by molar-refractivity contribution is 6.00. The summed E-state index contributed by atoms with van der Waals surface area (Å²) in [5.41, 5.74) is 0.757. The zero-order chi connectivity index (χ0) is 18.0. The summed E-state index contributed by atoms with van der Waals surface area (Å²) in [6.45, 7) is 4.43. The highest BCUT2D eigenvalue weighted by Crippen LogP contribution is 2.34. The lowest BCUT2D eigenvalue weighted by Crippen LogP contribution is -2.46. The number of benzene rings is 1. The number of fused-ring (bicyclic) bond motifs is 1.